The molecule has 9 aromatic rings. The molecular formula is C35H22N4. The van der Waals surface area contributed by atoms with Crippen molar-refractivity contribution in [2.75, 3.05) is 0 Å². The van der Waals surface area contributed by atoms with E-state index < -0.39 is 0 Å². The van der Waals surface area contributed by atoms with Gasteiger partial charge in [0.15, 0.2) is 5.82 Å². The van der Waals surface area contributed by atoms with Gasteiger partial charge in [0, 0.05) is 38.7 Å². The van der Waals surface area contributed by atoms with Crippen LogP contribution in [0.15, 0.2) is 133 Å². The summed E-state index contributed by atoms with van der Waals surface area (Å²) in [5.41, 5.74) is 8.08. The summed E-state index contributed by atoms with van der Waals surface area (Å²) < 4.78 is 6.76. The number of hydrogen-bond acceptors (Lipinski definition) is 1. The Hall–Kier alpha value is -5.35. The molecule has 0 saturated carbocycles. The molecule has 9 rings (SSSR count). The number of nitrogens with zero attached hydrogens (tertiary/aromatic N) is 4. The molecule has 5 aromatic carbocycles. The van der Waals surface area contributed by atoms with E-state index >= 15 is 0 Å². The average molecular weight is 499 g/mol. The molecule has 0 saturated heterocycles. The van der Waals surface area contributed by atoms with Gasteiger partial charge in [0.2, 0.25) is 0 Å². The average Bonchev–Trinajstić information content (AvgIpc) is 3.66. The maximum Gasteiger partial charge on any atom is 0.160 e. The number of rotatable bonds is 2. The number of para-hydroxylation sites is 4. The molecule has 0 spiro atoms. The van der Waals surface area contributed by atoms with Gasteiger partial charge in [-0.25, -0.2) is 4.52 Å². The van der Waals surface area contributed by atoms with Crippen molar-refractivity contribution >= 4 is 60.0 Å². The largest absolute Gasteiger partial charge is 0.309 e. The van der Waals surface area contributed by atoms with Crippen LogP contribution >= 0.6 is 0 Å². The fourth-order valence-corrected chi connectivity index (χ4v) is 6.33. The predicted octanol–water partition coefficient (Wildman–Crippen LogP) is 8.68. The molecule has 0 unspecified atom stereocenters. The minimum atomic E-state index is 0.920. The van der Waals surface area contributed by atoms with Crippen molar-refractivity contribution in [3.63, 3.8) is 0 Å². The van der Waals surface area contributed by atoms with Crippen LogP contribution < -0.4 is 0 Å². The Morgan fingerprint density at radius 3 is 1.74 bits per heavy atom. The first kappa shape index (κ1) is 20.7. The second-order valence-electron chi connectivity index (χ2n) is 10.2. The third kappa shape index (κ3) is 2.80. The minimum Gasteiger partial charge on any atom is -0.309 e. The van der Waals surface area contributed by atoms with Gasteiger partial charge in [-0.2, -0.15) is 0 Å². The van der Waals surface area contributed by atoms with Crippen LogP contribution in [0.2, 0.25) is 0 Å². The molecule has 0 atom stereocenters. The van der Waals surface area contributed by atoms with E-state index in [1.165, 1.54) is 43.7 Å². The van der Waals surface area contributed by atoms with Crippen molar-refractivity contribution in [3.05, 3.63) is 133 Å². The fraction of sp³-hybridized carbons (Fsp3) is 0. The summed E-state index contributed by atoms with van der Waals surface area (Å²) in [6.07, 6.45) is 0. The van der Waals surface area contributed by atoms with E-state index in [9.17, 15) is 0 Å². The molecule has 0 radical (unpaired) electrons. The van der Waals surface area contributed by atoms with Gasteiger partial charge in [-0.1, -0.05) is 78.9 Å². The van der Waals surface area contributed by atoms with Crippen LogP contribution in [-0.4, -0.2) is 18.7 Å². The van der Waals surface area contributed by atoms with Crippen LogP contribution in [0.5, 0.6) is 0 Å². The molecule has 0 aliphatic rings. The summed E-state index contributed by atoms with van der Waals surface area (Å²) in [5, 5.41) is 11.3. The lowest BCUT2D eigenvalue weighted by Crippen LogP contribution is -1.96. The highest BCUT2D eigenvalue weighted by atomic mass is 15.3. The van der Waals surface area contributed by atoms with E-state index in [2.05, 4.69) is 147 Å². The van der Waals surface area contributed by atoms with Crippen LogP contribution in [0, 0.1) is 0 Å². The van der Waals surface area contributed by atoms with E-state index in [-0.39, 0.29) is 0 Å². The molecule has 0 fully saturated rings. The zero-order valence-electron chi connectivity index (χ0n) is 21.0. The third-order valence-electron chi connectivity index (χ3n) is 8.03. The SMILES string of the molecule is c1ccc(-n2c3ccccc3c3cc4c(cc32)c2ccccc2n4-c2cc3ccc4ccccc4n3n2)cc1. The number of fused-ring (bicyclic) bond motifs is 9. The van der Waals surface area contributed by atoms with Crippen molar-refractivity contribution in [2.45, 2.75) is 0 Å². The van der Waals surface area contributed by atoms with Crippen LogP contribution in [0.4, 0.5) is 0 Å². The first-order valence-electron chi connectivity index (χ1n) is 13.2. The second-order valence-corrected chi connectivity index (χ2v) is 10.2. The van der Waals surface area contributed by atoms with Gasteiger partial charge >= 0.3 is 0 Å². The predicted molar refractivity (Wildman–Crippen MR) is 161 cm³/mol. The van der Waals surface area contributed by atoms with Gasteiger partial charge in [0.1, 0.15) is 0 Å². The smallest absolute Gasteiger partial charge is 0.160 e. The van der Waals surface area contributed by atoms with Gasteiger partial charge in [0.05, 0.1) is 33.1 Å². The van der Waals surface area contributed by atoms with Gasteiger partial charge in [0.25, 0.3) is 0 Å². The Labute approximate surface area is 223 Å². The highest BCUT2D eigenvalue weighted by Gasteiger charge is 2.19. The van der Waals surface area contributed by atoms with Crippen LogP contribution in [-0.2, 0) is 0 Å². The van der Waals surface area contributed by atoms with Gasteiger partial charge in [-0.05, 0) is 48.5 Å². The van der Waals surface area contributed by atoms with Gasteiger partial charge in [-0.15, -0.1) is 5.10 Å². The van der Waals surface area contributed by atoms with Crippen molar-refractivity contribution in [2.24, 2.45) is 0 Å². The quantitative estimate of drug-likeness (QED) is 0.234. The molecule has 0 N–H and O–H groups in total. The fourth-order valence-electron chi connectivity index (χ4n) is 6.33. The third-order valence-corrected chi connectivity index (χ3v) is 8.03. The lowest BCUT2D eigenvalue weighted by Gasteiger charge is -2.08. The molecule has 0 aliphatic heterocycles. The second kappa shape index (κ2) is 7.59. The molecule has 4 heteroatoms. The van der Waals surface area contributed by atoms with Crippen molar-refractivity contribution in [1.29, 1.82) is 0 Å². The molecule has 182 valence electrons. The number of hydrogen-bond donors (Lipinski definition) is 0. The summed E-state index contributed by atoms with van der Waals surface area (Å²) in [7, 11) is 0. The molecule has 4 heterocycles. The van der Waals surface area contributed by atoms with E-state index in [1.807, 2.05) is 0 Å². The van der Waals surface area contributed by atoms with Crippen molar-refractivity contribution in [1.82, 2.24) is 18.7 Å². The maximum absolute atomic E-state index is 5.15. The summed E-state index contributed by atoms with van der Waals surface area (Å²) >= 11 is 0. The zero-order chi connectivity index (χ0) is 25.5. The lowest BCUT2D eigenvalue weighted by molar-refractivity contribution is 0.952. The zero-order valence-corrected chi connectivity index (χ0v) is 21.0. The van der Waals surface area contributed by atoms with E-state index in [1.54, 1.807) is 0 Å². The standard InChI is InChI=1S/C35H22N4/c1-2-11-24(12-3-1)37-31-16-8-5-13-26(31)28-22-34-29(21-33(28)37)27-14-6-9-17-32(27)38(34)35-20-25-19-18-23-10-4-7-15-30(23)39(25)36-35/h1-22H. The molecule has 4 nitrogen and oxygen atoms in total. The first-order valence-corrected chi connectivity index (χ1v) is 13.2. The molecule has 0 bridgehead atoms. The monoisotopic (exact) mass is 498 g/mol. The summed E-state index contributed by atoms with van der Waals surface area (Å²) in [6, 6.07) is 47.6. The molecular weight excluding hydrogens is 476 g/mol. The Bertz CT molecular complexity index is 2390. The molecule has 4 aromatic heterocycles. The normalized spacial score (nSPS) is 12.1. The summed E-state index contributed by atoms with van der Waals surface area (Å²) in [6.45, 7) is 0. The van der Waals surface area contributed by atoms with E-state index in [4.69, 9.17) is 5.10 Å². The van der Waals surface area contributed by atoms with Crippen LogP contribution in [0.3, 0.4) is 0 Å². The van der Waals surface area contributed by atoms with Crippen LogP contribution in [0.1, 0.15) is 0 Å². The Balaban J connectivity index is 1.43. The minimum absolute atomic E-state index is 0.920. The molecule has 0 aliphatic carbocycles. The highest BCUT2D eigenvalue weighted by Crippen LogP contribution is 2.39. The highest BCUT2D eigenvalue weighted by molar-refractivity contribution is 6.19. The summed E-state index contributed by atoms with van der Waals surface area (Å²) in [4.78, 5) is 0. The van der Waals surface area contributed by atoms with Crippen LogP contribution in [0.25, 0.3) is 71.5 Å². The number of aromatic nitrogens is 4. The lowest BCUT2D eigenvalue weighted by atomic mass is 10.1. The Morgan fingerprint density at radius 2 is 1.00 bits per heavy atom. The van der Waals surface area contributed by atoms with E-state index in [0.717, 1.165) is 27.9 Å². The number of benzene rings is 5. The Kier molecular flexibility index (Phi) is 4.02. The first-order chi connectivity index (χ1) is 19.3. The molecule has 39 heavy (non-hydrogen) atoms. The van der Waals surface area contributed by atoms with Gasteiger partial charge in [-0.3, -0.25) is 4.57 Å². The Morgan fingerprint density at radius 1 is 0.410 bits per heavy atom. The number of pyridine rings is 1. The maximum atomic E-state index is 5.15. The molecule has 0 amide bonds. The summed E-state index contributed by atoms with van der Waals surface area (Å²) in [5.74, 6) is 0.920. The van der Waals surface area contributed by atoms with Gasteiger partial charge < -0.3 is 4.57 Å². The van der Waals surface area contributed by atoms with E-state index in [0.29, 0.717) is 0 Å². The topological polar surface area (TPSA) is 27.2 Å². The van der Waals surface area contributed by atoms with Crippen molar-refractivity contribution < 1.29 is 0 Å². The van der Waals surface area contributed by atoms with Crippen molar-refractivity contribution in [3.8, 4) is 11.5 Å².